The van der Waals surface area contributed by atoms with Crippen molar-refractivity contribution >= 4 is 17.5 Å². The molecule has 6 heteroatoms. The predicted octanol–water partition coefficient (Wildman–Crippen LogP) is 2.25. The fourth-order valence-electron chi connectivity index (χ4n) is 2.32. The van der Waals surface area contributed by atoms with E-state index in [4.69, 9.17) is 10.5 Å². The highest BCUT2D eigenvalue weighted by molar-refractivity contribution is 5.96. The van der Waals surface area contributed by atoms with Gasteiger partial charge in [-0.15, -0.1) is 0 Å². The zero-order valence-corrected chi connectivity index (χ0v) is 14.7. The Balaban J connectivity index is 1.94. The average molecular weight is 341 g/mol. The third-order valence-corrected chi connectivity index (χ3v) is 4.07. The number of benzene rings is 2. The van der Waals surface area contributed by atoms with Crippen LogP contribution in [-0.4, -0.2) is 36.9 Å². The molecule has 0 bridgehead atoms. The Labute approximate surface area is 147 Å². The average Bonchev–Trinajstić information content (AvgIpc) is 2.62. The lowest BCUT2D eigenvalue weighted by Crippen LogP contribution is -2.39. The van der Waals surface area contributed by atoms with Crippen LogP contribution in [0.2, 0.25) is 0 Å². The fourth-order valence-corrected chi connectivity index (χ4v) is 2.32. The predicted molar refractivity (Wildman–Crippen MR) is 97.5 cm³/mol. The van der Waals surface area contributed by atoms with E-state index >= 15 is 0 Å². The van der Waals surface area contributed by atoms with Crippen molar-refractivity contribution in [3.8, 4) is 5.75 Å². The molecule has 0 saturated heterocycles. The lowest BCUT2D eigenvalue weighted by molar-refractivity contribution is -0.120. The summed E-state index contributed by atoms with van der Waals surface area (Å²) in [5, 5.41) is 2.84. The maximum Gasteiger partial charge on any atom is 0.248 e. The first-order chi connectivity index (χ1) is 11.9. The monoisotopic (exact) mass is 341 g/mol. The second-order valence-electron chi connectivity index (χ2n) is 5.87. The van der Waals surface area contributed by atoms with Crippen LogP contribution in [0.25, 0.3) is 0 Å². The number of carbonyl (C=O) groups is 2. The van der Waals surface area contributed by atoms with E-state index in [1.165, 1.54) is 0 Å². The maximum atomic E-state index is 12.4. The van der Waals surface area contributed by atoms with Gasteiger partial charge in [-0.1, -0.05) is 12.1 Å². The molecule has 1 unspecified atom stereocenters. The SMILES string of the molecule is COc1ccc(CN(C)C(C)C(=O)Nc2ccc(C(N)=O)cc2)cc1. The van der Waals surface area contributed by atoms with Crippen LogP contribution in [0.1, 0.15) is 22.8 Å². The Hall–Kier alpha value is -2.86. The van der Waals surface area contributed by atoms with Gasteiger partial charge in [0.25, 0.3) is 0 Å². The van der Waals surface area contributed by atoms with Crippen LogP contribution < -0.4 is 15.8 Å². The van der Waals surface area contributed by atoms with E-state index in [9.17, 15) is 9.59 Å². The van der Waals surface area contributed by atoms with Gasteiger partial charge in [0, 0.05) is 17.8 Å². The second kappa shape index (κ2) is 8.30. The van der Waals surface area contributed by atoms with Crippen LogP contribution in [0.5, 0.6) is 5.75 Å². The van der Waals surface area contributed by atoms with Crippen LogP contribution in [0.15, 0.2) is 48.5 Å². The van der Waals surface area contributed by atoms with Crippen molar-refractivity contribution in [2.24, 2.45) is 5.73 Å². The van der Waals surface area contributed by atoms with Crippen molar-refractivity contribution in [2.75, 3.05) is 19.5 Å². The molecule has 0 saturated carbocycles. The van der Waals surface area contributed by atoms with Gasteiger partial charge in [-0.3, -0.25) is 14.5 Å². The number of carbonyl (C=O) groups excluding carboxylic acids is 2. The molecule has 2 aromatic carbocycles. The summed E-state index contributed by atoms with van der Waals surface area (Å²) < 4.78 is 5.14. The van der Waals surface area contributed by atoms with Gasteiger partial charge in [-0.05, 0) is 55.9 Å². The third-order valence-electron chi connectivity index (χ3n) is 4.07. The molecule has 132 valence electrons. The minimum atomic E-state index is -0.495. The molecule has 2 amide bonds. The summed E-state index contributed by atoms with van der Waals surface area (Å²) in [6, 6.07) is 13.9. The number of methoxy groups -OCH3 is 1. The maximum absolute atomic E-state index is 12.4. The normalized spacial score (nSPS) is 11.8. The molecule has 0 aliphatic carbocycles. The number of primary amides is 1. The smallest absolute Gasteiger partial charge is 0.248 e. The molecule has 0 aliphatic rings. The molecule has 0 heterocycles. The Morgan fingerprint density at radius 2 is 1.72 bits per heavy atom. The van der Waals surface area contributed by atoms with Gasteiger partial charge in [0.1, 0.15) is 5.75 Å². The summed E-state index contributed by atoms with van der Waals surface area (Å²) in [6.45, 7) is 2.48. The van der Waals surface area contributed by atoms with Crippen molar-refractivity contribution in [1.29, 1.82) is 0 Å². The van der Waals surface area contributed by atoms with Gasteiger partial charge in [0.2, 0.25) is 11.8 Å². The molecule has 2 aromatic rings. The third kappa shape index (κ3) is 5.06. The summed E-state index contributed by atoms with van der Waals surface area (Å²) in [4.78, 5) is 25.4. The van der Waals surface area contributed by atoms with E-state index in [-0.39, 0.29) is 11.9 Å². The molecule has 0 aliphatic heterocycles. The van der Waals surface area contributed by atoms with Gasteiger partial charge in [-0.25, -0.2) is 0 Å². The summed E-state index contributed by atoms with van der Waals surface area (Å²) in [5.74, 6) is 0.185. The molecule has 0 radical (unpaired) electrons. The number of nitrogens with one attached hydrogen (secondary N) is 1. The lowest BCUT2D eigenvalue weighted by atomic mass is 10.1. The van der Waals surface area contributed by atoms with Crippen LogP contribution in [0, 0.1) is 0 Å². The standard InChI is InChI=1S/C19H23N3O3/c1-13(22(2)12-14-4-10-17(25-3)11-5-14)19(24)21-16-8-6-15(7-9-16)18(20)23/h4-11,13H,12H2,1-3H3,(H2,20,23)(H,21,24). The largest absolute Gasteiger partial charge is 0.497 e. The Morgan fingerprint density at radius 3 is 2.24 bits per heavy atom. The highest BCUT2D eigenvalue weighted by atomic mass is 16.5. The highest BCUT2D eigenvalue weighted by Gasteiger charge is 2.18. The molecule has 6 nitrogen and oxygen atoms in total. The van der Waals surface area contributed by atoms with Gasteiger partial charge in [-0.2, -0.15) is 0 Å². The van der Waals surface area contributed by atoms with Crippen LogP contribution in [0.3, 0.4) is 0 Å². The molecule has 0 spiro atoms. The first-order valence-corrected chi connectivity index (χ1v) is 7.94. The number of likely N-dealkylation sites (N-methyl/N-ethyl adjacent to an activating group) is 1. The molecular weight excluding hydrogens is 318 g/mol. The van der Waals surface area contributed by atoms with Crippen molar-refractivity contribution in [3.63, 3.8) is 0 Å². The van der Waals surface area contributed by atoms with Crippen molar-refractivity contribution in [2.45, 2.75) is 19.5 Å². The minimum absolute atomic E-state index is 0.122. The zero-order valence-electron chi connectivity index (χ0n) is 14.7. The molecule has 3 N–H and O–H groups in total. The van der Waals surface area contributed by atoms with Crippen molar-refractivity contribution in [3.05, 3.63) is 59.7 Å². The summed E-state index contributed by atoms with van der Waals surface area (Å²) >= 11 is 0. The van der Waals surface area contributed by atoms with Gasteiger partial charge < -0.3 is 15.8 Å². The van der Waals surface area contributed by atoms with Crippen molar-refractivity contribution in [1.82, 2.24) is 4.90 Å². The molecular formula is C19H23N3O3. The number of rotatable bonds is 7. The number of ether oxygens (including phenoxy) is 1. The Morgan fingerprint density at radius 1 is 1.12 bits per heavy atom. The van der Waals surface area contributed by atoms with E-state index in [0.717, 1.165) is 11.3 Å². The Bertz CT molecular complexity index is 727. The second-order valence-corrected chi connectivity index (χ2v) is 5.87. The zero-order chi connectivity index (χ0) is 18.4. The first kappa shape index (κ1) is 18.5. The molecule has 2 rings (SSSR count). The van der Waals surface area contributed by atoms with E-state index in [1.54, 1.807) is 31.4 Å². The molecule has 25 heavy (non-hydrogen) atoms. The summed E-state index contributed by atoms with van der Waals surface area (Å²) in [7, 11) is 3.52. The fraction of sp³-hybridized carbons (Fsp3) is 0.263. The van der Waals surface area contributed by atoms with E-state index in [2.05, 4.69) is 5.32 Å². The number of hydrogen-bond donors (Lipinski definition) is 2. The Kier molecular flexibility index (Phi) is 6.14. The summed E-state index contributed by atoms with van der Waals surface area (Å²) in [6.07, 6.45) is 0. The van der Waals surface area contributed by atoms with Gasteiger partial charge >= 0.3 is 0 Å². The number of nitrogens with two attached hydrogens (primary N) is 1. The van der Waals surface area contributed by atoms with Gasteiger partial charge in [0.15, 0.2) is 0 Å². The van der Waals surface area contributed by atoms with Crippen molar-refractivity contribution < 1.29 is 14.3 Å². The van der Waals surface area contributed by atoms with Crippen LogP contribution >= 0.6 is 0 Å². The van der Waals surface area contributed by atoms with Gasteiger partial charge in [0.05, 0.1) is 13.2 Å². The topological polar surface area (TPSA) is 84.7 Å². The van der Waals surface area contributed by atoms with Crippen LogP contribution in [0.4, 0.5) is 5.69 Å². The first-order valence-electron chi connectivity index (χ1n) is 7.94. The molecule has 0 aromatic heterocycles. The quantitative estimate of drug-likeness (QED) is 0.809. The van der Waals surface area contributed by atoms with Crippen LogP contribution in [-0.2, 0) is 11.3 Å². The lowest BCUT2D eigenvalue weighted by Gasteiger charge is -2.24. The highest BCUT2D eigenvalue weighted by Crippen LogP contribution is 2.15. The summed E-state index contributed by atoms with van der Waals surface area (Å²) in [5.41, 5.74) is 7.33. The molecule has 1 atom stereocenters. The van der Waals surface area contributed by atoms with E-state index < -0.39 is 5.91 Å². The number of hydrogen-bond acceptors (Lipinski definition) is 4. The molecule has 0 fully saturated rings. The number of amides is 2. The van der Waals surface area contributed by atoms with E-state index in [1.807, 2.05) is 43.1 Å². The van der Waals surface area contributed by atoms with E-state index in [0.29, 0.717) is 17.8 Å². The number of nitrogens with zero attached hydrogens (tertiary/aromatic N) is 1. The number of anilines is 1. The minimum Gasteiger partial charge on any atom is -0.497 e.